The van der Waals surface area contributed by atoms with E-state index >= 15 is 0 Å². The van der Waals surface area contributed by atoms with E-state index in [2.05, 4.69) is 17.5 Å². The van der Waals surface area contributed by atoms with Crippen LogP contribution in [0.15, 0.2) is 78.9 Å². The van der Waals surface area contributed by atoms with Crippen LogP contribution in [0.3, 0.4) is 0 Å². The number of fused-ring (bicyclic) bond motifs is 3. The number of carbonyl (C=O) groups excluding carboxylic acids is 2. The Morgan fingerprint density at radius 1 is 1.05 bits per heavy atom. The molecule has 3 aromatic carbocycles. The molecule has 37 heavy (non-hydrogen) atoms. The third kappa shape index (κ3) is 4.82. The normalized spacial score (nSPS) is 19.3. The summed E-state index contributed by atoms with van der Waals surface area (Å²) in [4.78, 5) is 36.1. The first-order valence-electron chi connectivity index (χ1n) is 12.3. The van der Waals surface area contributed by atoms with Gasteiger partial charge in [-0.25, -0.2) is 9.59 Å². The molecular formula is C29H26N2O6. The fraction of sp³-hybridized carbons (Fsp3) is 0.241. The van der Waals surface area contributed by atoms with E-state index in [4.69, 9.17) is 9.47 Å². The summed E-state index contributed by atoms with van der Waals surface area (Å²) in [6.07, 6.45) is 5.82. The van der Waals surface area contributed by atoms with Gasteiger partial charge in [0.05, 0.1) is 23.1 Å². The first kappa shape index (κ1) is 24.2. The molecule has 1 aliphatic carbocycles. The molecule has 188 valence electrons. The van der Waals surface area contributed by atoms with Crippen LogP contribution in [0.4, 0.5) is 11.4 Å². The number of hydrogen-bond acceptors (Lipinski definition) is 7. The van der Waals surface area contributed by atoms with E-state index in [9.17, 15) is 19.7 Å². The number of allylic oxidation sites excluding steroid dienone is 2. The van der Waals surface area contributed by atoms with Crippen LogP contribution in [0.5, 0.6) is 5.75 Å². The van der Waals surface area contributed by atoms with Gasteiger partial charge in [0, 0.05) is 23.7 Å². The third-order valence-corrected chi connectivity index (χ3v) is 6.81. The number of para-hydroxylation sites is 1. The molecule has 8 heteroatoms. The molecular weight excluding hydrogens is 472 g/mol. The number of anilines is 1. The van der Waals surface area contributed by atoms with Crippen molar-refractivity contribution in [2.24, 2.45) is 5.92 Å². The predicted octanol–water partition coefficient (Wildman–Crippen LogP) is 6.21. The molecule has 0 radical (unpaired) electrons. The van der Waals surface area contributed by atoms with Gasteiger partial charge < -0.3 is 14.8 Å². The maximum Gasteiger partial charge on any atom is 0.343 e. The molecule has 1 heterocycles. The number of nitrogens with zero attached hydrogens (tertiary/aromatic N) is 1. The Hall–Kier alpha value is -4.46. The molecule has 1 aliphatic heterocycles. The largest absolute Gasteiger partial charge is 0.462 e. The average molecular weight is 499 g/mol. The highest BCUT2D eigenvalue weighted by Gasteiger charge is 2.38. The molecule has 0 saturated heterocycles. The number of nitro benzene ring substituents is 1. The van der Waals surface area contributed by atoms with Gasteiger partial charge in [-0.2, -0.15) is 0 Å². The van der Waals surface area contributed by atoms with Crippen LogP contribution in [-0.2, 0) is 4.74 Å². The van der Waals surface area contributed by atoms with Crippen molar-refractivity contribution in [3.63, 3.8) is 0 Å². The standard InChI is InChI=1S/C29H26N2O6/c1-2-16-36-29(33)23-6-3-4-9-26(23)37-28(32)19-12-15-25-24(17-19)21-7-5-8-22(21)27(30-25)18-10-13-20(14-11-18)31(34)35/h3-7,9-15,17,21-22,27,30H,2,8,16H2,1H3. The van der Waals surface area contributed by atoms with Gasteiger partial charge in [0.15, 0.2) is 0 Å². The molecule has 3 atom stereocenters. The molecule has 0 amide bonds. The second kappa shape index (κ2) is 10.3. The summed E-state index contributed by atoms with van der Waals surface area (Å²) < 4.78 is 10.8. The monoisotopic (exact) mass is 498 g/mol. The Morgan fingerprint density at radius 3 is 2.59 bits per heavy atom. The maximum absolute atomic E-state index is 13.1. The highest BCUT2D eigenvalue weighted by atomic mass is 16.6. The van der Waals surface area contributed by atoms with Crippen molar-refractivity contribution in [1.29, 1.82) is 0 Å². The Kier molecular flexibility index (Phi) is 6.72. The van der Waals surface area contributed by atoms with Gasteiger partial charge in [-0.05, 0) is 60.2 Å². The quantitative estimate of drug-likeness (QED) is 0.136. The average Bonchev–Trinajstić information content (AvgIpc) is 3.42. The Morgan fingerprint density at radius 2 is 1.84 bits per heavy atom. The summed E-state index contributed by atoms with van der Waals surface area (Å²) in [7, 11) is 0. The summed E-state index contributed by atoms with van der Waals surface area (Å²) in [5.41, 5.74) is 3.51. The molecule has 3 unspecified atom stereocenters. The van der Waals surface area contributed by atoms with E-state index < -0.39 is 16.9 Å². The first-order chi connectivity index (χ1) is 18.0. The lowest BCUT2D eigenvalue weighted by Gasteiger charge is -2.37. The number of non-ortho nitro benzene ring substituents is 1. The van der Waals surface area contributed by atoms with Crippen LogP contribution < -0.4 is 10.1 Å². The number of ether oxygens (including phenoxy) is 2. The second-order valence-electron chi connectivity index (χ2n) is 9.15. The number of nitro groups is 1. The van der Waals surface area contributed by atoms with E-state index in [0.717, 1.165) is 23.2 Å². The minimum atomic E-state index is -0.561. The minimum Gasteiger partial charge on any atom is -0.462 e. The summed E-state index contributed by atoms with van der Waals surface area (Å²) in [6.45, 7) is 2.19. The van der Waals surface area contributed by atoms with Crippen molar-refractivity contribution < 1.29 is 24.0 Å². The highest BCUT2D eigenvalue weighted by Crippen LogP contribution is 2.50. The smallest absolute Gasteiger partial charge is 0.343 e. The summed E-state index contributed by atoms with van der Waals surface area (Å²) >= 11 is 0. The van der Waals surface area contributed by atoms with Gasteiger partial charge in [0.2, 0.25) is 0 Å². The van der Waals surface area contributed by atoms with Crippen molar-refractivity contribution in [1.82, 2.24) is 0 Å². The fourth-order valence-corrected chi connectivity index (χ4v) is 5.01. The van der Waals surface area contributed by atoms with E-state index in [0.29, 0.717) is 12.0 Å². The lowest BCUT2D eigenvalue weighted by atomic mass is 9.76. The number of hydrogen-bond donors (Lipinski definition) is 1. The summed E-state index contributed by atoms with van der Waals surface area (Å²) in [5.74, 6) is -0.651. The van der Waals surface area contributed by atoms with Gasteiger partial charge in [-0.15, -0.1) is 0 Å². The molecule has 0 saturated carbocycles. The van der Waals surface area contributed by atoms with Crippen molar-refractivity contribution in [2.75, 3.05) is 11.9 Å². The molecule has 3 aromatic rings. The lowest BCUT2D eigenvalue weighted by molar-refractivity contribution is -0.384. The SMILES string of the molecule is CCCOC(=O)c1ccccc1OC(=O)c1ccc2c(c1)C1C=CCC1C(c1ccc([N+](=O)[O-])cc1)N2. The predicted molar refractivity (Wildman–Crippen MR) is 138 cm³/mol. The zero-order valence-corrected chi connectivity index (χ0v) is 20.3. The van der Waals surface area contributed by atoms with Crippen LogP contribution in [0.2, 0.25) is 0 Å². The van der Waals surface area contributed by atoms with E-state index in [1.54, 1.807) is 42.5 Å². The molecule has 0 spiro atoms. The van der Waals surface area contributed by atoms with Gasteiger partial charge in [-0.1, -0.05) is 43.3 Å². The lowest BCUT2D eigenvalue weighted by Crippen LogP contribution is -2.29. The van der Waals surface area contributed by atoms with Gasteiger partial charge >= 0.3 is 11.9 Å². The number of carbonyl (C=O) groups is 2. The van der Waals surface area contributed by atoms with Crippen LogP contribution in [0.1, 0.15) is 63.6 Å². The summed E-state index contributed by atoms with van der Waals surface area (Å²) in [5, 5.41) is 14.6. The fourth-order valence-electron chi connectivity index (χ4n) is 5.01. The topological polar surface area (TPSA) is 108 Å². The second-order valence-corrected chi connectivity index (χ2v) is 9.15. The van der Waals surface area contributed by atoms with Crippen molar-refractivity contribution in [3.05, 3.63) is 111 Å². The Balaban J connectivity index is 1.39. The summed E-state index contributed by atoms with van der Waals surface area (Å²) in [6, 6.07) is 18.5. The highest BCUT2D eigenvalue weighted by molar-refractivity contribution is 5.96. The Bertz CT molecular complexity index is 1380. The molecule has 8 nitrogen and oxygen atoms in total. The zero-order chi connectivity index (χ0) is 25.9. The number of benzene rings is 3. The first-order valence-corrected chi connectivity index (χ1v) is 12.3. The van der Waals surface area contributed by atoms with E-state index in [-0.39, 0.29) is 41.5 Å². The number of nitrogens with one attached hydrogen (secondary N) is 1. The molecule has 0 fully saturated rings. The third-order valence-electron chi connectivity index (χ3n) is 6.81. The van der Waals surface area contributed by atoms with Crippen molar-refractivity contribution in [2.45, 2.75) is 31.7 Å². The Labute approximate surface area is 214 Å². The van der Waals surface area contributed by atoms with Crippen LogP contribution in [0, 0.1) is 16.0 Å². The van der Waals surface area contributed by atoms with Gasteiger partial charge in [0.25, 0.3) is 5.69 Å². The van der Waals surface area contributed by atoms with Crippen LogP contribution in [0.25, 0.3) is 0 Å². The van der Waals surface area contributed by atoms with Crippen molar-refractivity contribution in [3.8, 4) is 5.75 Å². The maximum atomic E-state index is 13.1. The van der Waals surface area contributed by atoms with E-state index in [1.807, 2.05) is 19.1 Å². The zero-order valence-electron chi connectivity index (χ0n) is 20.3. The minimum absolute atomic E-state index is 0.0212. The van der Waals surface area contributed by atoms with Crippen LogP contribution >= 0.6 is 0 Å². The van der Waals surface area contributed by atoms with Gasteiger partial charge in [0.1, 0.15) is 11.3 Å². The molecule has 5 rings (SSSR count). The molecule has 1 N–H and O–H groups in total. The molecule has 0 bridgehead atoms. The number of rotatable bonds is 7. The van der Waals surface area contributed by atoms with E-state index in [1.165, 1.54) is 12.1 Å². The van der Waals surface area contributed by atoms with Crippen molar-refractivity contribution >= 4 is 23.3 Å². The molecule has 0 aromatic heterocycles. The number of esters is 2. The molecule has 2 aliphatic rings. The van der Waals surface area contributed by atoms with Crippen LogP contribution in [-0.4, -0.2) is 23.5 Å². The van der Waals surface area contributed by atoms with Gasteiger partial charge in [-0.3, -0.25) is 10.1 Å².